The molecule has 0 fully saturated rings. The van der Waals surface area contributed by atoms with Gasteiger partial charge in [0.05, 0.1) is 5.56 Å². The molecule has 0 radical (unpaired) electrons. The second-order valence-corrected chi connectivity index (χ2v) is 4.21. The first-order valence-corrected chi connectivity index (χ1v) is 5.69. The summed E-state index contributed by atoms with van der Waals surface area (Å²) in [7, 11) is 0. The summed E-state index contributed by atoms with van der Waals surface area (Å²) in [6.45, 7) is 0. The number of hydrogen-bond donors (Lipinski definition) is 1. The summed E-state index contributed by atoms with van der Waals surface area (Å²) < 4.78 is 39.3. The molecule has 0 aliphatic heterocycles. The van der Waals surface area contributed by atoms with Crippen LogP contribution in [0.5, 0.6) is 0 Å². The molecule has 0 amide bonds. The normalized spacial score (nSPS) is 11.9. The smallest absolute Gasteiger partial charge is 0.296 e. The Kier molecular flexibility index (Phi) is 2.63. The average molecular weight is 279 g/mol. The number of fused-ring (bicyclic) bond motifs is 1. The van der Waals surface area contributed by atoms with Crippen molar-refractivity contribution in [1.29, 1.82) is 0 Å². The highest BCUT2D eigenvalue weighted by molar-refractivity contribution is 5.77. The van der Waals surface area contributed by atoms with Crippen LogP contribution in [-0.2, 0) is 6.18 Å². The van der Waals surface area contributed by atoms with E-state index >= 15 is 0 Å². The summed E-state index contributed by atoms with van der Waals surface area (Å²) in [4.78, 5) is 15.6. The van der Waals surface area contributed by atoms with Crippen molar-refractivity contribution in [2.24, 2.45) is 0 Å². The van der Waals surface area contributed by atoms with Gasteiger partial charge in [-0.2, -0.15) is 13.2 Å². The van der Waals surface area contributed by atoms with Crippen LogP contribution in [0, 0.1) is 0 Å². The van der Waals surface area contributed by atoms with Crippen molar-refractivity contribution in [2.75, 3.05) is 0 Å². The van der Waals surface area contributed by atoms with Crippen LogP contribution in [0.3, 0.4) is 0 Å². The number of benzene rings is 1. The molecule has 0 saturated heterocycles. The third-order valence-corrected chi connectivity index (χ3v) is 2.93. The predicted octanol–water partition coefficient (Wildman–Crippen LogP) is 2.71. The van der Waals surface area contributed by atoms with E-state index in [9.17, 15) is 18.0 Å². The summed E-state index contributed by atoms with van der Waals surface area (Å²) in [6, 6.07) is 6.15. The number of rotatable bonds is 1. The molecule has 0 aliphatic rings. The number of aromatic nitrogens is 3. The molecule has 0 spiro atoms. The summed E-state index contributed by atoms with van der Waals surface area (Å²) in [6.07, 6.45) is -1.63. The number of H-pyrrole nitrogens is 1. The third-order valence-electron chi connectivity index (χ3n) is 2.93. The van der Waals surface area contributed by atoms with E-state index in [4.69, 9.17) is 0 Å². The maximum atomic E-state index is 12.7. The number of nitrogens with zero attached hydrogens (tertiary/aromatic N) is 2. The highest BCUT2D eigenvalue weighted by Crippen LogP contribution is 2.32. The van der Waals surface area contributed by atoms with Gasteiger partial charge < -0.3 is 0 Å². The minimum Gasteiger partial charge on any atom is -0.296 e. The van der Waals surface area contributed by atoms with E-state index in [-0.39, 0.29) is 11.2 Å². The van der Waals surface area contributed by atoms with Crippen molar-refractivity contribution in [3.63, 3.8) is 0 Å². The molecule has 102 valence electrons. The molecule has 2 heterocycles. The van der Waals surface area contributed by atoms with Gasteiger partial charge in [-0.25, -0.2) is 9.50 Å². The monoisotopic (exact) mass is 279 g/mol. The molecule has 2 aromatic heterocycles. The topological polar surface area (TPSA) is 50.2 Å². The Morgan fingerprint density at radius 3 is 2.75 bits per heavy atom. The fourth-order valence-electron chi connectivity index (χ4n) is 1.99. The molecule has 1 N–H and O–H groups in total. The first kappa shape index (κ1) is 12.5. The number of hydrogen-bond acceptors (Lipinski definition) is 2. The van der Waals surface area contributed by atoms with E-state index in [1.807, 2.05) is 0 Å². The van der Waals surface area contributed by atoms with Crippen molar-refractivity contribution in [1.82, 2.24) is 14.6 Å². The van der Waals surface area contributed by atoms with Crippen molar-refractivity contribution in [2.45, 2.75) is 6.18 Å². The third kappa shape index (κ3) is 1.97. The highest BCUT2D eigenvalue weighted by atomic mass is 19.4. The van der Waals surface area contributed by atoms with Crippen LogP contribution in [0.4, 0.5) is 13.2 Å². The Hall–Kier alpha value is -2.57. The predicted molar refractivity (Wildman–Crippen MR) is 66.3 cm³/mol. The molecule has 20 heavy (non-hydrogen) atoms. The van der Waals surface area contributed by atoms with Crippen molar-refractivity contribution in [3.8, 4) is 11.1 Å². The molecule has 0 aliphatic carbocycles. The van der Waals surface area contributed by atoms with E-state index in [0.717, 1.165) is 12.1 Å². The standard InChI is InChI=1S/C13H8F3N3O/c14-13(15,16)9-3-1-2-8(6-9)10-7-18-19-11(20)4-5-17-12(10)19/h1-7,18H. The van der Waals surface area contributed by atoms with Gasteiger partial charge in [-0.05, 0) is 17.7 Å². The van der Waals surface area contributed by atoms with Crippen LogP contribution in [0.15, 0.2) is 47.5 Å². The largest absolute Gasteiger partial charge is 0.416 e. The Morgan fingerprint density at radius 2 is 2.00 bits per heavy atom. The molecule has 0 bridgehead atoms. The fourth-order valence-corrected chi connectivity index (χ4v) is 1.99. The minimum absolute atomic E-state index is 0.289. The number of nitrogens with one attached hydrogen (secondary N) is 1. The number of aromatic amines is 1. The Labute approximate surface area is 110 Å². The second kappa shape index (κ2) is 4.22. The summed E-state index contributed by atoms with van der Waals surface area (Å²) in [5, 5.41) is 2.67. The lowest BCUT2D eigenvalue weighted by atomic mass is 10.1. The van der Waals surface area contributed by atoms with Gasteiger partial charge in [-0.15, -0.1) is 0 Å². The van der Waals surface area contributed by atoms with Gasteiger partial charge in [0.2, 0.25) is 0 Å². The molecule has 7 heteroatoms. The van der Waals surface area contributed by atoms with Crippen LogP contribution in [0.25, 0.3) is 16.8 Å². The number of alkyl halides is 3. The van der Waals surface area contributed by atoms with Crippen LogP contribution >= 0.6 is 0 Å². The summed E-state index contributed by atoms with van der Waals surface area (Å²) in [5.74, 6) is 0. The van der Waals surface area contributed by atoms with E-state index in [0.29, 0.717) is 11.1 Å². The van der Waals surface area contributed by atoms with E-state index in [2.05, 4.69) is 10.1 Å². The van der Waals surface area contributed by atoms with Gasteiger partial charge in [-0.1, -0.05) is 12.1 Å². The first-order valence-electron chi connectivity index (χ1n) is 5.69. The van der Waals surface area contributed by atoms with E-state index in [1.165, 1.54) is 35.1 Å². The molecule has 0 atom stereocenters. The molecule has 0 unspecified atom stereocenters. The van der Waals surface area contributed by atoms with E-state index in [1.54, 1.807) is 0 Å². The lowest BCUT2D eigenvalue weighted by Gasteiger charge is -2.07. The Morgan fingerprint density at radius 1 is 1.20 bits per heavy atom. The maximum Gasteiger partial charge on any atom is 0.416 e. The van der Waals surface area contributed by atoms with Crippen molar-refractivity contribution < 1.29 is 13.2 Å². The van der Waals surface area contributed by atoms with Gasteiger partial charge in [0.25, 0.3) is 5.56 Å². The highest BCUT2D eigenvalue weighted by Gasteiger charge is 2.30. The zero-order valence-corrected chi connectivity index (χ0v) is 9.98. The van der Waals surface area contributed by atoms with Crippen molar-refractivity contribution >= 4 is 5.65 Å². The SMILES string of the molecule is O=c1ccnc2c(-c3cccc(C(F)(F)F)c3)c[nH]n12. The molecule has 0 saturated carbocycles. The average Bonchev–Trinajstić information content (AvgIpc) is 2.83. The number of halogens is 3. The first-order chi connectivity index (χ1) is 9.47. The van der Waals surface area contributed by atoms with Gasteiger partial charge in [0.15, 0.2) is 5.65 Å². The Balaban J connectivity index is 2.22. The van der Waals surface area contributed by atoms with Crippen LogP contribution in [-0.4, -0.2) is 14.6 Å². The summed E-state index contributed by atoms with van der Waals surface area (Å²) >= 11 is 0. The zero-order valence-electron chi connectivity index (χ0n) is 9.98. The van der Waals surface area contributed by atoms with Gasteiger partial charge in [0.1, 0.15) is 0 Å². The van der Waals surface area contributed by atoms with Crippen molar-refractivity contribution in [3.05, 3.63) is 58.6 Å². The minimum atomic E-state index is -4.41. The fraction of sp³-hybridized carbons (Fsp3) is 0.0769. The molecule has 3 rings (SSSR count). The van der Waals surface area contributed by atoms with Gasteiger partial charge in [-0.3, -0.25) is 9.89 Å². The molecule has 4 nitrogen and oxygen atoms in total. The maximum absolute atomic E-state index is 12.7. The van der Waals surface area contributed by atoms with Crippen LogP contribution in [0.2, 0.25) is 0 Å². The van der Waals surface area contributed by atoms with Gasteiger partial charge >= 0.3 is 6.18 Å². The lowest BCUT2D eigenvalue weighted by Crippen LogP contribution is -2.12. The molecule has 1 aromatic carbocycles. The lowest BCUT2D eigenvalue weighted by molar-refractivity contribution is -0.137. The quantitative estimate of drug-likeness (QED) is 0.744. The molecular formula is C13H8F3N3O. The van der Waals surface area contributed by atoms with Crippen LogP contribution in [0.1, 0.15) is 5.56 Å². The van der Waals surface area contributed by atoms with Crippen LogP contribution < -0.4 is 5.56 Å². The molecule has 3 aromatic rings. The zero-order chi connectivity index (χ0) is 14.3. The second-order valence-electron chi connectivity index (χ2n) is 4.21. The Bertz CT molecular complexity index is 832. The van der Waals surface area contributed by atoms with Gasteiger partial charge in [0, 0.05) is 24.0 Å². The molecular weight excluding hydrogens is 271 g/mol. The summed E-state index contributed by atoms with van der Waals surface area (Å²) in [5.41, 5.74) is 0.00292. The van der Waals surface area contributed by atoms with E-state index < -0.39 is 11.7 Å².